The van der Waals surface area contributed by atoms with Crippen LogP contribution in [0.25, 0.3) is 0 Å². The maximum Gasteiger partial charge on any atom is 0.326 e. The number of nitrogens with one attached hydrogen (secondary N) is 4. The van der Waals surface area contributed by atoms with E-state index in [-0.39, 0.29) is 37.0 Å². The van der Waals surface area contributed by atoms with Crippen molar-refractivity contribution in [3.05, 3.63) is 23.8 Å². The van der Waals surface area contributed by atoms with E-state index in [1.165, 1.54) is 6.07 Å². The highest BCUT2D eigenvalue weighted by molar-refractivity contribution is 6.00. The largest absolute Gasteiger partial charge is 0.508 e. The topological polar surface area (TPSA) is 263 Å². The van der Waals surface area contributed by atoms with Gasteiger partial charge >= 0.3 is 5.97 Å². The van der Waals surface area contributed by atoms with Crippen molar-refractivity contribution in [1.82, 2.24) is 21.3 Å². The van der Waals surface area contributed by atoms with Crippen LogP contribution in [0, 0.1) is 5.92 Å². The molecule has 0 spiro atoms. The number of hydrogen-bond acceptors (Lipinski definition) is 9. The summed E-state index contributed by atoms with van der Waals surface area (Å²) < 4.78 is 0. The lowest BCUT2D eigenvalue weighted by Crippen LogP contribution is -2.59. The van der Waals surface area contributed by atoms with E-state index < -0.39 is 71.3 Å². The van der Waals surface area contributed by atoms with E-state index in [1.54, 1.807) is 20.8 Å². The van der Waals surface area contributed by atoms with Crippen LogP contribution in [-0.4, -0.2) is 81.5 Å². The summed E-state index contributed by atoms with van der Waals surface area (Å²) in [7, 11) is 0. The number of phenols is 2. The Balaban J connectivity index is 3.23. The molecular formula is C28H44N6O9. The maximum absolute atomic E-state index is 13.4. The number of amides is 5. The second kappa shape index (κ2) is 18.2. The summed E-state index contributed by atoms with van der Waals surface area (Å²) in [5.74, 6) is -6.34. The number of primary amides is 1. The zero-order valence-corrected chi connectivity index (χ0v) is 24.7. The van der Waals surface area contributed by atoms with Gasteiger partial charge in [0.1, 0.15) is 35.7 Å². The molecule has 0 aromatic heterocycles. The Morgan fingerprint density at radius 3 is 1.98 bits per heavy atom. The third kappa shape index (κ3) is 12.2. The third-order valence-electron chi connectivity index (χ3n) is 6.92. The predicted octanol–water partition coefficient (Wildman–Crippen LogP) is -0.414. The Bertz CT molecular complexity index is 1150. The second-order valence-electron chi connectivity index (χ2n) is 10.3. The van der Waals surface area contributed by atoms with Crippen molar-refractivity contribution in [3.63, 3.8) is 0 Å². The summed E-state index contributed by atoms with van der Waals surface area (Å²) in [4.78, 5) is 75.6. The molecule has 11 N–H and O–H groups in total. The van der Waals surface area contributed by atoms with E-state index >= 15 is 0 Å². The molecule has 0 aliphatic carbocycles. The molecule has 43 heavy (non-hydrogen) atoms. The minimum absolute atomic E-state index is 0.101. The van der Waals surface area contributed by atoms with Crippen molar-refractivity contribution >= 4 is 35.5 Å². The maximum atomic E-state index is 13.4. The molecule has 240 valence electrons. The van der Waals surface area contributed by atoms with E-state index in [0.29, 0.717) is 25.8 Å². The lowest BCUT2D eigenvalue weighted by Gasteiger charge is -2.28. The first kappa shape index (κ1) is 36.6. The summed E-state index contributed by atoms with van der Waals surface area (Å²) in [6.07, 6.45) is 1.06. The van der Waals surface area contributed by atoms with Crippen molar-refractivity contribution in [1.29, 1.82) is 0 Å². The molecule has 0 saturated carbocycles. The van der Waals surface area contributed by atoms with Gasteiger partial charge in [-0.3, -0.25) is 24.0 Å². The zero-order valence-electron chi connectivity index (χ0n) is 24.7. The smallest absolute Gasteiger partial charge is 0.326 e. The standard InChI is InChI=1S/C28H44N6O9/c1-4-15(3)23(27(41)31-18(5-2)28(42)43)34-26(40)20(10-12-22(30)37)33-25(39)19(8-6-7-13-29)32-24(38)17-14-16(35)9-11-21(17)36/h9,11,14-15,18-20,23,35-36H,4-8,10,12-13,29H2,1-3H3,(H2,30,37)(H,31,41)(H,32,38)(H,33,39)(H,34,40)(H,42,43)/t15-,18-,19-,20-,23-/m0/s1. The van der Waals surface area contributed by atoms with Crippen LogP contribution in [0.5, 0.6) is 11.5 Å². The fraction of sp³-hybridized carbons (Fsp3) is 0.571. The molecule has 0 aliphatic rings. The van der Waals surface area contributed by atoms with Crippen molar-refractivity contribution in [2.24, 2.45) is 17.4 Å². The van der Waals surface area contributed by atoms with Crippen molar-refractivity contribution < 1.29 is 44.1 Å². The molecular weight excluding hydrogens is 564 g/mol. The van der Waals surface area contributed by atoms with Gasteiger partial charge in [0.05, 0.1) is 5.56 Å². The number of nitrogens with two attached hydrogens (primary N) is 2. The number of phenolic OH excluding ortho intramolecular Hbond substituents is 2. The average molecular weight is 609 g/mol. The predicted molar refractivity (Wildman–Crippen MR) is 156 cm³/mol. The monoisotopic (exact) mass is 608 g/mol. The van der Waals surface area contributed by atoms with Gasteiger partial charge in [-0.2, -0.15) is 0 Å². The van der Waals surface area contributed by atoms with Crippen LogP contribution in [0.3, 0.4) is 0 Å². The number of aromatic hydroxyl groups is 2. The summed E-state index contributed by atoms with van der Waals surface area (Å²) in [6, 6.07) is -1.59. The number of hydrogen-bond donors (Lipinski definition) is 9. The molecule has 0 unspecified atom stereocenters. The highest BCUT2D eigenvalue weighted by Gasteiger charge is 2.33. The van der Waals surface area contributed by atoms with Crippen LogP contribution in [0.4, 0.5) is 0 Å². The number of carbonyl (C=O) groups excluding carboxylic acids is 5. The number of carboxylic acids is 1. The lowest BCUT2D eigenvalue weighted by molar-refractivity contribution is -0.142. The van der Waals surface area contributed by atoms with Gasteiger partial charge in [0, 0.05) is 6.42 Å². The minimum Gasteiger partial charge on any atom is -0.508 e. The van der Waals surface area contributed by atoms with Gasteiger partial charge in [0.15, 0.2) is 0 Å². The van der Waals surface area contributed by atoms with Gasteiger partial charge in [-0.1, -0.05) is 27.2 Å². The van der Waals surface area contributed by atoms with Gasteiger partial charge in [-0.15, -0.1) is 0 Å². The van der Waals surface area contributed by atoms with Crippen LogP contribution in [0.15, 0.2) is 18.2 Å². The molecule has 15 nitrogen and oxygen atoms in total. The van der Waals surface area contributed by atoms with E-state index in [9.17, 15) is 44.1 Å². The summed E-state index contributed by atoms with van der Waals surface area (Å²) in [5.41, 5.74) is 10.5. The average Bonchev–Trinajstić information content (AvgIpc) is 2.96. The molecule has 0 bridgehead atoms. The van der Waals surface area contributed by atoms with Crippen molar-refractivity contribution in [2.45, 2.75) is 89.9 Å². The highest BCUT2D eigenvalue weighted by Crippen LogP contribution is 2.22. The molecule has 0 saturated heterocycles. The molecule has 1 aromatic carbocycles. The Kier molecular flexibility index (Phi) is 15.5. The van der Waals surface area contributed by atoms with E-state index in [1.807, 2.05) is 0 Å². The van der Waals surface area contributed by atoms with Gasteiger partial charge in [-0.05, 0) is 62.8 Å². The summed E-state index contributed by atoms with van der Waals surface area (Å²) in [5, 5.41) is 39.1. The van der Waals surface area contributed by atoms with Crippen molar-refractivity contribution in [2.75, 3.05) is 6.54 Å². The van der Waals surface area contributed by atoms with Gasteiger partial charge in [0.2, 0.25) is 23.6 Å². The van der Waals surface area contributed by atoms with Gasteiger partial charge < -0.3 is 48.1 Å². The normalized spacial score (nSPS) is 14.3. The number of unbranched alkanes of at least 4 members (excludes halogenated alkanes) is 1. The molecule has 1 rings (SSSR count). The molecule has 15 heteroatoms. The van der Waals surface area contributed by atoms with Crippen LogP contribution >= 0.6 is 0 Å². The van der Waals surface area contributed by atoms with E-state index in [0.717, 1.165) is 12.1 Å². The first-order chi connectivity index (χ1) is 20.2. The van der Waals surface area contributed by atoms with Crippen LogP contribution in [-0.2, 0) is 24.0 Å². The van der Waals surface area contributed by atoms with Crippen LogP contribution in [0.1, 0.15) is 76.1 Å². The zero-order chi connectivity index (χ0) is 32.7. The number of benzene rings is 1. The SMILES string of the molecule is CC[C@H](NC(=O)[C@@H](NC(=O)[C@H](CCC(N)=O)NC(=O)[C@H](CCCCN)NC(=O)c1cc(O)ccc1O)[C@@H](C)CC)C(=O)O. The van der Waals surface area contributed by atoms with Crippen LogP contribution in [0.2, 0.25) is 0 Å². The molecule has 0 heterocycles. The molecule has 1 aromatic rings. The van der Waals surface area contributed by atoms with Gasteiger partial charge in [0.25, 0.3) is 5.91 Å². The molecule has 0 aliphatic heterocycles. The fourth-order valence-corrected chi connectivity index (χ4v) is 4.09. The third-order valence-corrected chi connectivity index (χ3v) is 6.92. The van der Waals surface area contributed by atoms with E-state index in [4.69, 9.17) is 11.5 Å². The molecule has 0 radical (unpaired) electrons. The highest BCUT2D eigenvalue weighted by atomic mass is 16.4. The Morgan fingerprint density at radius 2 is 1.42 bits per heavy atom. The quantitative estimate of drug-likeness (QED) is 0.0723. The summed E-state index contributed by atoms with van der Waals surface area (Å²) >= 11 is 0. The number of carbonyl (C=O) groups is 6. The van der Waals surface area contributed by atoms with Crippen molar-refractivity contribution in [3.8, 4) is 11.5 Å². The van der Waals surface area contributed by atoms with Crippen LogP contribution < -0.4 is 32.7 Å². The number of carboxylic acid groups (broad SMARTS) is 1. The molecule has 0 fully saturated rings. The van der Waals surface area contributed by atoms with Gasteiger partial charge in [-0.25, -0.2) is 4.79 Å². The summed E-state index contributed by atoms with van der Waals surface area (Å²) in [6.45, 7) is 5.36. The Morgan fingerprint density at radius 1 is 0.814 bits per heavy atom. The Labute approximate surface area is 250 Å². The first-order valence-electron chi connectivity index (χ1n) is 14.2. The minimum atomic E-state index is -1.36. The Hall–Kier alpha value is -4.40. The fourth-order valence-electron chi connectivity index (χ4n) is 4.09. The number of rotatable bonds is 19. The first-order valence-corrected chi connectivity index (χ1v) is 14.2. The lowest BCUT2D eigenvalue weighted by atomic mass is 9.97. The molecule has 5 atom stereocenters. The molecule has 5 amide bonds. The van der Waals surface area contributed by atoms with E-state index in [2.05, 4.69) is 21.3 Å². The second-order valence-corrected chi connectivity index (χ2v) is 10.3. The number of aliphatic carboxylic acids is 1.